The van der Waals surface area contributed by atoms with Crippen molar-refractivity contribution in [1.29, 1.82) is 0 Å². The number of hydrogen-bond acceptors (Lipinski definition) is 9. The SMILES string of the molecule is CC(C)OP(=O)(COC(Cn1cnc2c(OCc3ccccc3)nc(/N=C/N(C)C)nc21)C[N+](C)(C)C)OC(C)C.[Cl-]. The van der Waals surface area contributed by atoms with Gasteiger partial charge in [-0.15, -0.1) is 0 Å². The molecule has 0 saturated carbocycles. The van der Waals surface area contributed by atoms with Crippen LogP contribution < -0.4 is 17.1 Å². The summed E-state index contributed by atoms with van der Waals surface area (Å²) < 4.78 is 39.8. The third-order valence-corrected chi connectivity index (χ3v) is 7.36. The van der Waals surface area contributed by atoms with E-state index >= 15 is 0 Å². The third kappa shape index (κ3) is 11.6. The van der Waals surface area contributed by atoms with Crippen molar-refractivity contribution < 1.29 is 40.0 Å². The molecule has 1 aromatic carbocycles. The average molecular weight is 626 g/mol. The number of nitrogens with zero attached hydrogens (tertiary/aromatic N) is 7. The van der Waals surface area contributed by atoms with Gasteiger partial charge in [0.15, 0.2) is 11.2 Å². The summed E-state index contributed by atoms with van der Waals surface area (Å²) >= 11 is 0. The lowest BCUT2D eigenvalue weighted by Crippen LogP contribution is -3.00. The number of ether oxygens (including phenoxy) is 2. The van der Waals surface area contributed by atoms with E-state index in [4.69, 9.17) is 18.5 Å². The second-order valence-corrected chi connectivity index (χ2v) is 13.6. The first-order chi connectivity index (χ1) is 19.2. The Labute approximate surface area is 255 Å². The number of benzene rings is 1. The fraction of sp³-hybridized carbons (Fsp3) is 0.571. The van der Waals surface area contributed by atoms with Crippen LogP contribution in [0.4, 0.5) is 5.95 Å². The molecule has 0 aliphatic rings. The molecule has 12 nitrogen and oxygen atoms in total. The highest BCUT2D eigenvalue weighted by Gasteiger charge is 2.31. The molecule has 0 radical (unpaired) electrons. The molecule has 42 heavy (non-hydrogen) atoms. The Bertz CT molecular complexity index is 1320. The topological polar surface area (TPSA) is 113 Å². The lowest BCUT2D eigenvalue weighted by Gasteiger charge is -2.31. The van der Waals surface area contributed by atoms with Crippen molar-refractivity contribution in [2.24, 2.45) is 4.99 Å². The molecule has 0 amide bonds. The first-order valence-corrected chi connectivity index (χ1v) is 15.4. The molecule has 0 N–H and O–H groups in total. The second kappa shape index (κ2) is 15.7. The Kier molecular flexibility index (Phi) is 13.3. The Hall–Kier alpha value is -2.60. The molecule has 0 spiro atoms. The van der Waals surface area contributed by atoms with Crippen LogP contribution >= 0.6 is 7.60 Å². The Morgan fingerprint density at radius 2 is 1.69 bits per heavy atom. The van der Waals surface area contributed by atoms with Crippen molar-refractivity contribution in [2.45, 2.75) is 59.2 Å². The predicted octanol–water partition coefficient (Wildman–Crippen LogP) is 1.72. The van der Waals surface area contributed by atoms with Crippen LogP contribution in [0.25, 0.3) is 11.2 Å². The first kappa shape index (κ1) is 35.6. The van der Waals surface area contributed by atoms with Gasteiger partial charge >= 0.3 is 7.60 Å². The minimum atomic E-state index is -3.49. The fourth-order valence-corrected chi connectivity index (χ4v) is 5.86. The summed E-state index contributed by atoms with van der Waals surface area (Å²) in [5.74, 6) is 0.591. The number of aromatic nitrogens is 4. The second-order valence-electron chi connectivity index (χ2n) is 11.7. The van der Waals surface area contributed by atoms with Crippen LogP contribution in [0.1, 0.15) is 33.3 Å². The maximum absolute atomic E-state index is 13.5. The van der Waals surface area contributed by atoms with Gasteiger partial charge in [0, 0.05) is 14.1 Å². The van der Waals surface area contributed by atoms with E-state index in [9.17, 15) is 4.57 Å². The van der Waals surface area contributed by atoms with Gasteiger partial charge in [0.1, 0.15) is 25.6 Å². The molecule has 0 saturated heterocycles. The Balaban J connectivity index is 0.00000616. The molecule has 0 bridgehead atoms. The van der Waals surface area contributed by atoms with Gasteiger partial charge in [0.2, 0.25) is 5.88 Å². The molecule has 1 unspecified atom stereocenters. The molecule has 3 aromatic rings. The molecular formula is C28H45ClN7O5P. The predicted molar refractivity (Wildman–Crippen MR) is 161 cm³/mol. The molecule has 3 rings (SSSR count). The maximum Gasteiger partial charge on any atom is 0.356 e. The lowest BCUT2D eigenvalue weighted by molar-refractivity contribution is -0.873. The smallest absolute Gasteiger partial charge is 0.356 e. The van der Waals surface area contributed by atoms with E-state index in [1.165, 1.54) is 0 Å². The van der Waals surface area contributed by atoms with E-state index < -0.39 is 7.60 Å². The van der Waals surface area contributed by atoms with Gasteiger partial charge in [-0.2, -0.15) is 9.97 Å². The van der Waals surface area contributed by atoms with Crippen LogP contribution in [-0.4, -0.2) is 102 Å². The van der Waals surface area contributed by atoms with Crippen molar-refractivity contribution >= 4 is 31.0 Å². The molecule has 1 atom stereocenters. The number of aliphatic imine (C=N–C) groups is 1. The monoisotopic (exact) mass is 625 g/mol. The average Bonchev–Trinajstić information content (AvgIpc) is 3.26. The molecule has 0 aliphatic carbocycles. The van der Waals surface area contributed by atoms with E-state index in [-0.39, 0.29) is 43.0 Å². The normalized spacial score (nSPS) is 13.2. The lowest BCUT2D eigenvalue weighted by atomic mass is 10.2. The molecule has 2 heterocycles. The summed E-state index contributed by atoms with van der Waals surface area (Å²) in [6.45, 7) is 8.63. The van der Waals surface area contributed by atoms with Gasteiger partial charge in [-0.1, -0.05) is 30.3 Å². The zero-order valence-corrected chi connectivity index (χ0v) is 27.7. The van der Waals surface area contributed by atoms with Gasteiger partial charge in [-0.05, 0) is 33.3 Å². The van der Waals surface area contributed by atoms with Crippen molar-refractivity contribution in [3.05, 3.63) is 42.2 Å². The molecule has 0 aliphatic heterocycles. The van der Waals surface area contributed by atoms with Crippen molar-refractivity contribution in [2.75, 3.05) is 48.1 Å². The fourth-order valence-electron chi connectivity index (χ4n) is 4.01. The van der Waals surface area contributed by atoms with Crippen LogP contribution in [0, 0.1) is 0 Å². The zero-order chi connectivity index (χ0) is 30.2. The Morgan fingerprint density at radius 1 is 1.05 bits per heavy atom. The number of imidazole rings is 1. The van der Waals surface area contributed by atoms with Crippen LogP contribution in [0.15, 0.2) is 41.7 Å². The van der Waals surface area contributed by atoms with Gasteiger partial charge in [-0.3, -0.25) is 4.57 Å². The number of quaternary nitrogens is 1. The molecule has 2 aromatic heterocycles. The van der Waals surface area contributed by atoms with E-state index in [1.807, 2.05) is 76.7 Å². The molecule has 14 heteroatoms. The van der Waals surface area contributed by atoms with Crippen LogP contribution in [0.2, 0.25) is 0 Å². The summed E-state index contributed by atoms with van der Waals surface area (Å²) in [6.07, 6.45) is 2.25. The first-order valence-electron chi connectivity index (χ1n) is 13.7. The van der Waals surface area contributed by atoms with Gasteiger partial charge in [0.25, 0.3) is 5.95 Å². The van der Waals surface area contributed by atoms with E-state index in [2.05, 4.69) is 41.1 Å². The maximum atomic E-state index is 13.5. The standard InChI is InChI=1S/C28H45N7O5P.ClH/c1-21(2)39-41(36,40-22(3)4)20-38-24(16-35(7,8)9)15-34-19-29-25-26(34)31-28(30-18-33(5)6)32-27(25)37-17-23-13-11-10-12-14-23;/h10-14,18-19,21-22,24H,15-17,20H2,1-9H3;1H/q+1;/p-1/b30-18+;. The number of halogens is 1. The van der Waals surface area contributed by atoms with Crippen molar-refractivity contribution in [3.8, 4) is 5.88 Å². The van der Waals surface area contributed by atoms with Crippen LogP contribution in [0.3, 0.4) is 0 Å². The van der Waals surface area contributed by atoms with Gasteiger partial charge in [0.05, 0.1) is 52.6 Å². The number of likely N-dealkylation sites (N-methyl/N-ethyl adjacent to an activating group) is 1. The van der Waals surface area contributed by atoms with Crippen molar-refractivity contribution in [3.63, 3.8) is 0 Å². The number of rotatable bonds is 16. The summed E-state index contributed by atoms with van der Waals surface area (Å²) in [5.41, 5.74) is 2.08. The summed E-state index contributed by atoms with van der Waals surface area (Å²) in [4.78, 5) is 20.0. The van der Waals surface area contributed by atoms with E-state index in [1.54, 1.807) is 17.6 Å². The summed E-state index contributed by atoms with van der Waals surface area (Å²) in [5, 5.41) is 0. The minimum absolute atomic E-state index is 0. The van der Waals surface area contributed by atoms with Gasteiger partial charge in [-0.25, -0.2) is 9.98 Å². The highest BCUT2D eigenvalue weighted by atomic mass is 35.5. The van der Waals surface area contributed by atoms with Crippen LogP contribution in [0.5, 0.6) is 5.88 Å². The molecule has 234 valence electrons. The minimum Gasteiger partial charge on any atom is -1.00 e. The highest BCUT2D eigenvalue weighted by molar-refractivity contribution is 7.53. The number of fused-ring (bicyclic) bond motifs is 1. The van der Waals surface area contributed by atoms with Crippen molar-refractivity contribution in [1.82, 2.24) is 24.4 Å². The largest absolute Gasteiger partial charge is 1.00 e. The summed E-state index contributed by atoms with van der Waals surface area (Å²) in [6, 6.07) is 9.85. The molecule has 0 fully saturated rings. The zero-order valence-electron chi connectivity index (χ0n) is 26.1. The van der Waals surface area contributed by atoms with E-state index in [0.29, 0.717) is 41.2 Å². The molecular weight excluding hydrogens is 581 g/mol. The summed E-state index contributed by atoms with van der Waals surface area (Å²) in [7, 11) is 6.48. The van der Waals surface area contributed by atoms with E-state index in [0.717, 1.165) is 5.56 Å². The quantitative estimate of drug-likeness (QED) is 0.102. The third-order valence-electron chi connectivity index (χ3n) is 5.41. The highest BCUT2D eigenvalue weighted by Crippen LogP contribution is 2.50. The number of hydrogen-bond donors (Lipinski definition) is 0. The van der Waals surface area contributed by atoms with Gasteiger partial charge < -0.3 is 44.9 Å². The Morgan fingerprint density at radius 3 is 2.26 bits per heavy atom. The van der Waals surface area contributed by atoms with Crippen LogP contribution in [-0.2, 0) is 31.5 Å².